The number of nitrogens with zero attached hydrogens (tertiary/aromatic N) is 1. The van der Waals surface area contributed by atoms with E-state index in [2.05, 4.69) is 33.4 Å². The third-order valence-electron chi connectivity index (χ3n) is 4.84. The van der Waals surface area contributed by atoms with Crippen LogP contribution in [0.5, 0.6) is 0 Å². The number of methoxy groups -OCH3 is 1. The highest BCUT2D eigenvalue weighted by atomic mass is 79.9. The van der Waals surface area contributed by atoms with Crippen LogP contribution in [0.25, 0.3) is 0 Å². The number of urea groups is 1. The first kappa shape index (κ1) is 16.5. The van der Waals surface area contributed by atoms with Gasteiger partial charge < -0.3 is 15.0 Å². The van der Waals surface area contributed by atoms with Crippen LogP contribution in [-0.4, -0.2) is 37.7 Å². The summed E-state index contributed by atoms with van der Waals surface area (Å²) in [6, 6.07) is 7.62. The number of para-hydroxylation sites is 1. The number of fused-ring (bicyclic) bond motifs is 2. The molecule has 2 amide bonds. The fourth-order valence-corrected chi connectivity index (χ4v) is 4.01. The normalized spacial score (nSPS) is 24.9. The molecule has 1 saturated carbocycles. The molecule has 0 radical (unpaired) electrons. The zero-order chi connectivity index (χ0) is 16.2. The maximum absolute atomic E-state index is 12.7. The fourth-order valence-electron chi connectivity index (χ4n) is 3.62. The van der Waals surface area contributed by atoms with Crippen molar-refractivity contribution in [2.75, 3.05) is 32.1 Å². The van der Waals surface area contributed by atoms with Gasteiger partial charge in [0.25, 0.3) is 0 Å². The van der Waals surface area contributed by atoms with Crippen molar-refractivity contribution in [3.63, 3.8) is 0 Å². The van der Waals surface area contributed by atoms with Crippen molar-refractivity contribution < 1.29 is 9.53 Å². The molecular formula is C18H23BrN2O2. The zero-order valence-electron chi connectivity index (χ0n) is 13.4. The molecule has 0 heterocycles. The first-order chi connectivity index (χ1) is 11.2. The van der Waals surface area contributed by atoms with Gasteiger partial charge in [-0.15, -0.1) is 0 Å². The number of carbonyl (C=O) groups excluding carboxylic acids is 1. The van der Waals surface area contributed by atoms with E-state index < -0.39 is 0 Å². The molecule has 1 aromatic rings. The molecule has 2 aliphatic rings. The molecule has 3 atom stereocenters. The number of hydrogen-bond acceptors (Lipinski definition) is 2. The van der Waals surface area contributed by atoms with Gasteiger partial charge in [0.15, 0.2) is 0 Å². The Morgan fingerprint density at radius 3 is 2.83 bits per heavy atom. The Morgan fingerprint density at radius 2 is 2.17 bits per heavy atom. The average molecular weight is 379 g/mol. The van der Waals surface area contributed by atoms with Crippen LogP contribution in [0.4, 0.5) is 10.5 Å². The molecule has 3 rings (SSSR count). The predicted octanol–water partition coefficient (Wildman–Crippen LogP) is 4.14. The minimum absolute atomic E-state index is 0.0549. The Hall–Kier alpha value is -1.33. The maximum Gasteiger partial charge on any atom is 0.321 e. The second kappa shape index (κ2) is 7.49. The van der Waals surface area contributed by atoms with E-state index in [1.54, 1.807) is 7.11 Å². The van der Waals surface area contributed by atoms with E-state index in [1.165, 1.54) is 12.8 Å². The summed E-state index contributed by atoms with van der Waals surface area (Å²) in [5.74, 6) is 1.94. The molecule has 124 valence electrons. The monoisotopic (exact) mass is 378 g/mol. The molecule has 1 fully saturated rings. The number of ether oxygens (including phenoxy) is 1. The molecule has 1 aromatic carbocycles. The van der Waals surface area contributed by atoms with Crippen LogP contribution in [-0.2, 0) is 4.74 Å². The molecule has 3 unspecified atom stereocenters. The minimum Gasteiger partial charge on any atom is -0.383 e. The van der Waals surface area contributed by atoms with Crippen LogP contribution in [0.1, 0.15) is 12.8 Å². The van der Waals surface area contributed by atoms with Gasteiger partial charge in [-0.1, -0.05) is 24.3 Å². The smallest absolute Gasteiger partial charge is 0.321 e. The third-order valence-corrected chi connectivity index (χ3v) is 5.53. The quantitative estimate of drug-likeness (QED) is 0.755. The lowest BCUT2D eigenvalue weighted by Crippen LogP contribution is -2.41. The van der Waals surface area contributed by atoms with E-state index in [0.717, 1.165) is 22.6 Å². The first-order valence-corrected chi connectivity index (χ1v) is 8.94. The number of allylic oxidation sites excluding steroid dienone is 2. The number of benzene rings is 1. The topological polar surface area (TPSA) is 41.6 Å². The van der Waals surface area contributed by atoms with E-state index in [9.17, 15) is 4.79 Å². The van der Waals surface area contributed by atoms with Crippen molar-refractivity contribution in [2.24, 2.45) is 17.8 Å². The third kappa shape index (κ3) is 3.96. The lowest BCUT2D eigenvalue weighted by Gasteiger charge is -2.28. The largest absolute Gasteiger partial charge is 0.383 e. The first-order valence-electron chi connectivity index (χ1n) is 8.15. The Labute approximate surface area is 146 Å². The number of hydrogen-bond donors (Lipinski definition) is 1. The summed E-state index contributed by atoms with van der Waals surface area (Å²) in [5, 5.41) is 3.00. The molecule has 1 N–H and O–H groups in total. The summed E-state index contributed by atoms with van der Waals surface area (Å²) in [4.78, 5) is 14.6. The lowest BCUT2D eigenvalue weighted by molar-refractivity contribution is 0.144. The van der Waals surface area contributed by atoms with Crippen LogP contribution in [0.15, 0.2) is 40.9 Å². The van der Waals surface area contributed by atoms with Crippen LogP contribution in [0, 0.1) is 17.8 Å². The second-order valence-corrected chi connectivity index (χ2v) is 7.24. The molecule has 0 aromatic heterocycles. The highest BCUT2D eigenvalue weighted by molar-refractivity contribution is 9.10. The van der Waals surface area contributed by atoms with Crippen LogP contribution in [0.2, 0.25) is 0 Å². The SMILES string of the molecule is COCCN(CC1CC2C=CC1C2)C(=O)Nc1ccccc1Br. The zero-order valence-corrected chi connectivity index (χ0v) is 15.0. The highest BCUT2D eigenvalue weighted by Crippen LogP contribution is 2.43. The van der Waals surface area contributed by atoms with Crippen molar-refractivity contribution >= 4 is 27.6 Å². The van der Waals surface area contributed by atoms with E-state index >= 15 is 0 Å². The average Bonchev–Trinajstić information content (AvgIpc) is 3.16. The van der Waals surface area contributed by atoms with Gasteiger partial charge in [-0.2, -0.15) is 0 Å². The number of halogens is 1. The Bertz CT molecular complexity index is 590. The summed E-state index contributed by atoms with van der Waals surface area (Å²) >= 11 is 3.47. The summed E-state index contributed by atoms with van der Waals surface area (Å²) in [6.07, 6.45) is 7.13. The minimum atomic E-state index is -0.0549. The van der Waals surface area contributed by atoms with Crippen molar-refractivity contribution in [3.05, 3.63) is 40.9 Å². The van der Waals surface area contributed by atoms with Crippen molar-refractivity contribution in [1.82, 2.24) is 4.90 Å². The maximum atomic E-state index is 12.7. The predicted molar refractivity (Wildman–Crippen MR) is 95.5 cm³/mol. The molecule has 2 bridgehead atoms. The number of amides is 2. The van der Waals surface area contributed by atoms with Crippen LogP contribution in [0.3, 0.4) is 0 Å². The van der Waals surface area contributed by atoms with Gasteiger partial charge in [0, 0.05) is 24.7 Å². The number of nitrogens with one attached hydrogen (secondary N) is 1. The van der Waals surface area contributed by atoms with Crippen LogP contribution < -0.4 is 5.32 Å². The van der Waals surface area contributed by atoms with Gasteiger partial charge in [0.2, 0.25) is 0 Å². The molecule has 4 nitrogen and oxygen atoms in total. The van der Waals surface area contributed by atoms with E-state index in [4.69, 9.17) is 4.74 Å². The van der Waals surface area contributed by atoms with Gasteiger partial charge in [0.1, 0.15) is 0 Å². The molecule has 5 heteroatoms. The Morgan fingerprint density at radius 1 is 1.35 bits per heavy atom. The van der Waals surface area contributed by atoms with Gasteiger partial charge in [-0.05, 0) is 58.7 Å². The van der Waals surface area contributed by atoms with Gasteiger partial charge in [-0.3, -0.25) is 0 Å². The van der Waals surface area contributed by atoms with Crippen molar-refractivity contribution in [3.8, 4) is 0 Å². The van der Waals surface area contributed by atoms with Crippen molar-refractivity contribution in [2.45, 2.75) is 12.8 Å². The second-order valence-electron chi connectivity index (χ2n) is 6.39. The number of rotatable bonds is 6. The Kier molecular flexibility index (Phi) is 5.38. The van der Waals surface area contributed by atoms with E-state index in [0.29, 0.717) is 25.0 Å². The van der Waals surface area contributed by atoms with Crippen molar-refractivity contribution in [1.29, 1.82) is 0 Å². The van der Waals surface area contributed by atoms with E-state index in [1.807, 2.05) is 29.2 Å². The fraction of sp³-hybridized carbons (Fsp3) is 0.500. The Balaban J connectivity index is 1.64. The highest BCUT2D eigenvalue weighted by Gasteiger charge is 2.37. The summed E-state index contributed by atoms with van der Waals surface area (Å²) in [7, 11) is 1.67. The number of anilines is 1. The standard InChI is InChI=1S/C18H23BrN2O2/c1-23-9-8-21(12-15-11-13-6-7-14(15)10-13)18(22)20-17-5-3-2-4-16(17)19/h2-7,13-15H,8-12H2,1H3,(H,20,22). The molecular weight excluding hydrogens is 356 g/mol. The lowest BCUT2D eigenvalue weighted by atomic mass is 9.93. The summed E-state index contributed by atoms with van der Waals surface area (Å²) in [6.45, 7) is 1.97. The number of carbonyl (C=O) groups is 1. The van der Waals surface area contributed by atoms with Crippen LogP contribution >= 0.6 is 15.9 Å². The molecule has 0 spiro atoms. The summed E-state index contributed by atoms with van der Waals surface area (Å²) < 4.78 is 6.07. The molecule has 2 aliphatic carbocycles. The van der Waals surface area contributed by atoms with Gasteiger partial charge >= 0.3 is 6.03 Å². The molecule has 0 aliphatic heterocycles. The van der Waals surface area contributed by atoms with E-state index in [-0.39, 0.29) is 6.03 Å². The summed E-state index contributed by atoms with van der Waals surface area (Å²) in [5.41, 5.74) is 0.799. The molecule has 0 saturated heterocycles. The van der Waals surface area contributed by atoms with Gasteiger partial charge in [0.05, 0.1) is 12.3 Å². The molecule has 23 heavy (non-hydrogen) atoms. The van der Waals surface area contributed by atoms with Gasteiger partial charge in [-0.25, -0.2) is 4.79 Å².